The van der Waals surface area contributed by atoms with Crippen LogP contribution in [-0.4, -0.2) is 49.6 Å². The predicted octanol–water partition coefficient (Wildman–Crippen LogP) is 4.05. The summed E-state index contributed by atoms with van der Waals surface area (Å²) in [5.41, 5.74) is 0. The van der Waals surface area contributed by atoms with Gasteiger partial charge in [0.05, 0.1) is 0 Å². The van der Waals surface area contributed by atoms with Gasteiger partial charge in [0, 0.05) is 35.6 Å². The largest absolute Gasteiger partial charge is 0.484 e. The van der Waals surface area contributed by atoms with Crippen molar-refractivity contribution in [2.75, 3.05) is 32.8 Å². The van der Waals surface area contributed by atoms with E-state index >= 15 is 0 Å². The van der Waals surface area contributed by atoms with E-state index in [1.54, 1.807) is 53.4 Å². The summed E-state index contributed by atoms with van der Waals surface area (Å²) in [5, 5.41) is 4.04. The van der Waals surface area contributed by atoms with Gasteiger partial charge >= 0.3 is 0 Å². The van der Waals surface area contributed by atoms with Crippen LogP contribution in [0, 0.1) is 5.92 Å². The summed E-state index contributed by atoms with van der Waals surface area (Å²) in [6, 6.07) is 13.7. The molecule has 2 amide bonds. The lowest BCUT2D eigenvalue weighted by Crippen LogP contribution is -2.55. The first-order chi connectivity index (χ1) is 14.5. The molecule has 0 saturated carbocycles. The van der Waals surface area contributed by atoms with Crippen LogP contribution in [0.25, 0.3) is 0 Å². The molecule has 0 aliphatic carbocycles. The van der Waals surface area contributed by atoms with Crippen LogP contribution in [0.15, 0.2) is 48.5 Å². The van der Waals surface area contributed by atoms with Crippen molar-refractivity contribution in [1.82, 2.24) is 10.2 Å². The van der Waals surface area contributed by atoms with E-state index in [0.717, 1.165) is 0 Å². The van der Waals surface area contributed by atoms with Crippen molar-refractivity contribution in [3.63, 3.8) is 0 Å². The van der Waals surface area contributed by atoms with Crippen LogP contribution < -0.4 is 14.8 Å². The molecule has 1 fully saturated rings. The Bertz CT molecular complexity index is 804. The summed E-state index contributed by atoms with van der Waals surface area (Å²) in [4.78, 5) is 25.7. The molecule has 1 saturated heterocycles. The van der Waals surface area contributed by atoms with Gasteiger partial charge in [-0.15, -0.1) is 0 Å². The molecule has 1 N–H and O–H groups in total. The molecular formula is C22H26Cl2N2O4. The Kier molecular flexibility index (Phi) is 9.77. The van der Waals surface area contributed by atoms with Gasteiger partial charge in [-0.1, -0.05) is 37.0 Å². The molecule has 3 rings (SSSR count). The molecule has 0 bridgehead atoms. The quantitative estimate of drug-likeness (QED) is 0.655. The molecule has 8 heteroatoms. The monoisotopic (exact) mass is 452 g/mol. The van der Waals surface area contributed by atoms with E-state index in [4.69, 9.17) is 32.7 Å². The number of halogens is 2. The number of carbonyl (C=O) groups is 2. The molecule has 6 nitrogen and oxygen atoms in total. The summed E-state index contributed by atoms with van der Waals surface area (Å²) in [7, 11) is 0. The van der Waals surface area contributed by atoms with Gasteiger partial charge in [-0.2, -0.15) is 0 Å². The van der Waals surface area contributed by atoms with E-state index in [0.29, 0.717) is 41.2 Å². The van der Waals surface area contributed by atoms with Crippen LogP contribution in [0.5, 0.6) is 11.5 Å². The summed E-state index contributed by atoms with van der Waals surface area (Å²) in [6.07, 6.45) is 0. The van der Waals surface area contributed by atoms with Crippen molar-refractivity contribution in [2.24, 2.45) is 5.92 Å². The van der Waals surface area contributed by atoms with Crippen molar-refractivity contribution in [3.05, 3.63) is 58.6 Å². The number of carbonyl (C=O) groups excluding carboxylic acids is 2. The molecule has 1 aliphatic rings. The van der Waals surface area contributed by atoms with Gasteiger partial charge < -0.3 is 19.7 Å². The average Bonchev–Trinajstić information content (AvgIpc) is 2.73. The third-order valence-corrected chi connectivity index (χ3v) is 4.76. The van der Waals surface area contributed by atoms with Crippen LogP contribution in [-0.2, 0) is 9.59 Å². The van der Waals surface area contributed by atoms with Crippen LogP contribution in [0.2, 0.25) is 10.0 Å². The first-order valence-corrected chi connectivity index (χ1v) is 10.6. The number of nitrogens with zero attached hydrogens (tertiary/aromatic N) is 1. The van der Waals surface area contributed by atoms with E-state index in [-0.39, 0.29) is 30.9 Å². The minimum absolute atomic E-state index is 0.0182. The zero-order chi connectivity index (χ0) is 21.9. The van der Waals surface area contributed by atoms with Gasteiger partial charge in [-0.25, -0.2) is 0 Å². The van der Waals surface area contributed by atoms with Crippen molar-refractivity contribution in [3.8, 4) is 11.5 Å². The highest BCUT2D eigenvalue weighted by Gasteiger charge is 2.30. The maximum atomic E-state index is 12.1. The van der Waals surface area contributed by atoms with Crippen molar-refractivity contribution < 1.29 is 19.1 Å². The Hall–Kier alpha value is -2.44. The summed E-state index contributed by atoms with van der Waals surface area (Å²) >= 11 is 11.6. The topological polar surface area (TPSA) is 67.9 Å². The fraction of sp³-hybridized carbons (Fsp3) is 0.364. The first-order valence-electron chi connectivity index (χ1n) is 9.81. The van der Waals surface area contributed by atoms with Crippen molar-refractivity contribution >= 4 is 35.0 Å². The molecule has 162 valence electrons. The highest BCUT2D eigenvalue weighted by Crippen LogP contribution is 2.18. The average molecular weight is 453 g/mol. The van der Waals surface area contributed by atoms with Crippen LogP contribution in [0.3, 0.4) is 0 Å². The molecule has 2 aromatic carbocycles. The minimum Gasteiger partial charge on any atom is -0.484 e. The molecule has 0 atom stereocenters. The SMILES string of the molecule is CC.O=C(COc1ccc(Cl)cc1)NCC1CN(C(=O)COc2ccc(Cl)cc2)C1. The number of rotatable bonds is 8. The standard InChI is InChI=1S/C20H20Cl2N2O4.C2H6/c21-15-1-5-17(6-2-15)27-12-19(25)23-9-14-10-24(11-14)20(26)13-28-18-7-3-16(22)4-8-18;1-2/h1-8,14H,9-13H2,(H,23,25);1-2H3. The number of amides is 2. The van der Waals surface area contributed by atoms with Gasteiger partial charge in [0.15, 0.2) is 13.2 Å². The van der Waals surface area contributed by atoms with Crippen LogP contribution in [0.4, 0.5) is 0 Å². The van der Waals surface area contributed by atoms with Gasteiger partial charge in [0.1, 0.15) is 11.5 Å². The maximum absolute atomic E-state index is 12.1. The van der Waals surface area contributed by atoms with E-state index in [1.807, 2.05) is 13.8 Å². The molecule has 0 aromatic heterocycles. The highest BCUT2D eigenvalue weighted by molar-refractivity contribution is 6.30. The van der Waals surface area contributed by atoms with Gasteiger partial charge in [-0.3, -0.25) is 9.59 Å². The predicted molar refractivity (Wildman–Crippen MR) is 118 cm³/mol. The maximum Gasteiger partial charge on any atom is 0.260 e. The second kappa shape index (κ2) is 12.3. The molecule has 0 radical (unpaired) electrons. The molecule has 2 aromatic rings. The van der Waals surface area contributed by atoms with Crippen molar-refractivity contribution in [2.45, 2.75) is 13.8 Å². The fourth-order valence-electron chi connectivity index (χ4n) is 2.66. The molecule has 30 heavy (non-hydrogen) atoms. The summed E-state index contributed by atoms with van der Waals surface area (Å²) in [6.45, 7) is 5.62. The number of likely N-dealkylation sites (tertiary alicyclic amines) is 1. The summed E-state index contributed by atoms with van der Waals surface area (Å²) in [5.74, 6) is 1.14. The third kappa shape index (κ3) is 7.76. The zero-order valence-corrected chi connectivity index (χ0v) is 18.6. The van der Waals surface area contributed by atoms with Crippen molar-refractivity contribution in [1.29, 1.82) is 0 Å². The van der Waals surface area contributed by atoms with E-state index in [2.05, 4.69) is 5.32 Å². The lowest BCUT2D eigenvalue weighted by molar-refractivity contribution is -0.139. The van der Waals surface area contributed by atoms with E-state index < -0.39 is 0 Å². The Morgan fingerprint density at radius 3 is 1.87 bits per heavy atom. The second-order valence-corrected chi connectivity index (χ2v) is 7.33. The molecule has 0 spiro atoms. The van der Waals surface area contributed by atoms with Gasteiger partial charge in [-0.05, 0) is 48.5 Å². The second-order valence-electron chi connectivity index (χ2n) is 6.45. The van der Waals surface area contributed by atoms with E-state index in [1.165, 1.54) is 0 Å². The Morgan fingerprint density at radius 1 is 0.900 bits per heavy atom. The number of nitrogens with one attached hydrogen (secondary N) is 1. The van der Waals surface area contributed by atoms with Gasteiger partial charge in [0.2, 0.25) is 0 Å². The summed E-state index contributed by atoms with van der Waals surface area (Å²) < 4.78 is 10.8. The first kappa shape index (κ1) is 23.8. The minimum atomic E-state index is -0.203. The Morgan fingerprint density at radius 2 is 1.37 bits per heavy atom. The number of ether oxygens (including phenoxy) is 2. The molecule has 1 heterocycles. The highest BCUT2D eigenvalue weighted by atomic mass is 35.5. The molecular weight excluding hydrogens is 427 g/mol. The molecule has 1 aliphatic heterocycles. The number of benzene rings is 2. The van der Waals surface area contributed by atoms with Crippen LogP contribution in [0.1, 0.15) is 13.8 Å². The van der Waals surface area contributed by atoms with Gasteiger partial charge in [0.25, 0.3) is 11.8 Å². The Balaban J connectivity index is 0.00000155. The molecule has 0 unspecified atom stereocenters. The fourth-order valence-corrected chi connectivity index (χ4v) is 2.91. The third-order valence-electron chi connectivity index (χ3n) is 4.26. The lowest BCUT2D eigenvalue weighted by Gasteiger charge is -2.39. The normalized spacial score (nSPS) is 12.9. The zero-order valence-electron chi connectivity index (χ0n) is 17.1. The van der Waals surface area contributed by atoms with Crippen LogP contribution >= 0.6 is 23.2 Å². The number of hydrogen-bond acceptors (Lipinski definition) is 4. The lowest BCUT2D eigenvalue weighted by atomic mass is 10.0. The smallest absolute Gasteiger partial charge is 0.260 e. The number of hydrogen-bond donors (Lipinski definition) is 1. The Labute approximate surface area is 187 Å². The van der Waals surface area contributed by atoms with E-state index in [9.17, 15) is 9.59 Å².